The molecule has 0 amide bonds. The maximum absolute atomic E-state index is 6.11. The summed E-state index contributed by atoms with van der Waals surface area (Å²) in [6.07, 6.45) is 12.2. The molecule has 1 aliphatic heterocycles. The highest BCUT2D eigenvalue weighted by molar-refractivity contribution is 4.93. The van der Waals surface area contributed by atoms with Crippen molar-refractivity contribution in [1.29, 1.82) is 0 Å². The van der Waals surface area contributed by atoms with Crippen LogP contribution in [-0.4, -0.2) is 24.8 Å². The molecule has 0 bridgehead atoms. The molecule has 1 spiro atoms. The van der Waals surface area contributed by atoms with Crippen molar-refractivity contribution in [2.24, 2.45) is 11.8 Å². The van der Waals surface area contributed by atoms with Gasteiger partial charge < -0.3 is 10.1 Å². The summed E-state index contributed by atoms with van der Waals surface area (Å²) in [5.74, 6) is 1.88. The Labute approximate surface area is 112 Å². The van der Waals surface area contributed by atoms with E-state index in [0.29, 0.717) is 0 Å². The second kappa shape index (κ2) is 5.50. The molecule has 0 aromatic rings. The van der Waals surface area contributed by atoms with Gasteiger partial charge in [-0.2, -0.15) is 0 Å². The first-order chi connectivity index (χ1) is 8.77. The lowest BCUT2D eigenvalue weighted by molar-refractivity contribution is -0.0839. The summed E-state index contributed by atoms with van der Waals surface area (Å²) in [7, 11) is 0. The van der Waals surface area contributed by atoms with Crippen LogP contribution in [0.5, 0.6) is 0 Å². The topological polar surface area (TPSA) is 21.3 Å². The Bertz CT molecular complexity index is 272. The molecule has 18 heavy (non-hydrogen) atoms. The third-order valence-electron chi connectivity index (χ3n) is 5.72. The number of nitrogens with one attached hydrogen (secondary N) is 1. The first kappa shape index (κ1) is 12.9. The highest BCUT2D eigenvalue weighted by Crippen LogP contribution is 2.40. The monoisotopic (exact) mass is 251 g/mol. The molecule has 3 unspecified atom stereocenters. The van der Waals surface area contributed by atoms with Crippen LogP contribution >= 0.6 is 0 Å². The van der Waals surface area contributed by atoms with Gasteiger partial charge in [0, 0.05) is 12.6 Å². The molecule has 2 saturated carbocycles. The second-order valence-corrected chi connectivity index (χ2v) is 7.00. The van der Waals surface area contributed by atoms with Gasteiger partial charge in [-0.1, -0.05) is 32.6 Å². The third-order valence-corrected chi connectivity index (χ3v) is 5.72. The van der Waals surface area contributed by atoms with Crippen LogP contribution in [0.2, 0.25) is 0 Å². The fourth-order valence-corrected chi connectivity index (χ4v) is 4.41. The molecule has 0 aromatic heterocycles. The van der Waals surface area contributed by atoms with E-state index in [9.17, 15) is 0 Å². The summed E-state index contributed by atoms with van der Waals surface area (Å²) in [6.45, 7) is 4.67. The van der Waals surface area contributed by atoms with Crippen LogP contribution in [0, 0.1) is 11.8 Å². The van der Waals surface area contributed by atoms with Crippen LogP contribution < -0.4 is 5.32 Å². The third kappa shape index (κ3) is 2.75. The molecule has 1 N–H and O–H groups in total. The first-order valence-electron chi connectivity index (χ1n) is 8.15. The Balaban J connectivity index is 1.47. The van der Waals surface area contributed by atoms with Crippen LogP contribution in [0.4, 0.5) is 0 Å². The van der Waals surface area contributed by atoms with Gasteiger partial charge in [0.15, 0.2) is 0 Å². The van der Waals surface area contributed by atoms with Crippen molar-refractivity contribution < 1.29 is 4.74 Å². The summed E-state index contributed by atoms with van der Waals surface area (Å²) in [5.41, 5.74) is 0.275. The molecule has 1 saturated heterocycles. The first-order valence-corrected chi connectivity index (χ1v) is 8.15. The molecule has 3 fully saturated rings. The quantitative estimate of drug-likeness (QED) is 0.829. The summed E-state index contributed by atoms with van der Waals surface area (Å²) in [4.78, 5) is 0. The lowest BCUT2D eigenvalue weighted by Gasteiger charge is -2.39. The fraction of sp³-hybridized carbons (Fsp3) is 1.00. The van der Waals surface area contributed by atoms with Crippen molar-refractivity contribution in [1.82, 2.24) is 5.32 Å². The highest BCUT2D eigenvalue weighted by Gasteiger charge is 2.39. The lowest BCUT2D eigenvalue weighted by Crippen LogP contribution is -2.46. The van der Waals surface area contributed by atoms with Gasteiger partial charge in [-0.25, -0.2) is 0 Å². The lowest BCUT2D eigenvalue weighted by atomic mass is 9.88. The number of hydrogen-bond donors (Lipinski definition) is 1. The molecule has 2 nitrogen and oxygen atoms in total. The molecule has 3 atom stereocenters. The zero-order valence-electron chi connectivity index (χ0n) is 11.9. The molecule has 104 valence electrons. The number of hydrogen-bond acceptors (Lipinski definition) is 2. The summed E-state index contributed by atoms with van der Waals surface area (Å²) < 4.78 is 6.11. The molecule has 3 aliphatic rings. The zero-order valence-corrected chi connectivity index (χ0v) is 11.9. The molecule has 0 radical (unpaired) electrons. The van der Waals surface area contributed by atoms with E-state index < -0.39 is 0 Å². The normalized spacial score (nSPS) is 39.5. The van der Waals surface area contributed by atoms with Crippen LogP contribution in [0.1, 0.15) is 64.7 Å². The SMILES string of the molecule is CC1CCCC1CNC1CCOC2(CCCC2)C1. The van der Waals surface area contributed by atoms with Gasteiger partial charge in [0.2, 0.25) is 0 Å². The maximum Gasteiger partial charge on any atom is 0.0697 e. The van der Waals surface area contributed by atoms with Crippen LogP contribution in [0.3, 0.4) is 0 Å². The average molecular weight is 251 g/mol. The van der Waals surface area contributed by atoms with Crippen molar-refractivity contribution in [2.45, 2.75) is 76.4 Å². The van der Waals surface area contributed by atoms with E-state index in [-0.39, 0.29) is 5.60 Å². The summed E-state index contributed by atoms with van der Waals surface area (Å²) in [5, 5.41) is 3.87. The molecular formula is C16H29NO. The minimum Gasteiger partial charge on any atom is -0.375 e. The van der Waals surface area contributed by atoms with E-state index >= 15 is 0 Å². The number of rotatable bonds is 3. The molecular weight excluding hydrogens is 222 g/mol. The van der Waals surface area contributed by atoms with Crippen molar-refractivity contribution >= 4 is 0 Å². The van der Waals surface area contributed by atoms with Gasteiger partial charge >= 0.3 is 0 Å². The van der Waals surface area contributed by atoms with Gasteiger partial charge in [0.05, 0.1) is 5.60 Å². The molecule has 3 rings (SSSR count). The summed E-state index contributed by atoms with van der Waals surface area (Å²) >= 11 is 0. The highest BCUT2D eigenvalue weighted by atomic mass is 16.5. The molecule has 2 heteroatoms. The van der Waals surface area contributed by atoms with Gasteiger partial charge in [-0.3, -0.25) is 0 Å². The van der Waals surface area contributed by atoms with Gasteiger partial charge in [-0.05, 0) is 50.5 Å². The minimum atomic E-state index is 0.275. The Hall–Kier alpha value is -0.0800. The second-order valence-electron chi connectivity index (χ2n) is 7.00. The van der Waals surface area contributed by atoms with Gasteiger partial charge in [-0.15, -0.1) is 0 Å². The van der Waals surface area contributed by atoms with Crippen molar-refractivity contribution in [2.75, 3.05) is 13.2 Å². The average Bonchev–Trinajstić information content (AvgIpc) is 2.97. The van der Waals surface area contributed by atoms with Crippen molar-refractivity contribution in [3.8, 4) is 0 Å². The van der Waals surface area contributed by atoms with E-state index in [2.05, 4.69) is 12.2 Å². The predicted octanol–water partition coefficient (Wildman–Crippen LogP) is 3.50. The Morgan fingerprint density at radius 2 is 1.94 bits per heavy atom. The number of ether oxygens (including phenoxy) is 1. The fourth-order valence-electron chi connectivity index (χ4n) is 4.41. The van der Waals surface area contributed by atoms with Crippen LogP contribution in [0.15, 0.2) is 0 Å². The van der Waals surface area contributed by atoms with Crippen LogP contribution in [0.25, 0.3) is 0 Å². The molecule has 2 aliphatic carbocycles. The van der Waals surface area contributed by atoms with E-state index in [4.69, 9.17) is 4.74 Å². The van der Waals surface area contributed by atoms with Crippen LogP contribution in [-0.2, 0) is 4.74 Å². The minimum absolute atomic E-state index is 0.275. The Morgan fingerprint density at radius 1 is 1.11 bits per heavy atom. The smallest absolute Gasteiger partial charge is 0.0697 e. The van der Waals surface area contributed by atoms with E-state index in [1.807, 2.05) is 0 Å². The van der Waals surface area contributed by atoms with Gasteiger partial charge in [0.25, 0.3) is 0 Å². The van der Waals surface area contributed by atoms with Crippen molar-refractivity contribution in [3.05, 3.63) is 0 Å². The van der Waals surface area contributed by atoms with E-state index in [0.717, 1.165) is 24.5 Å². The Morgan fingerprint density at radius 3 is 2.67 bits per heavy atom. The van der Waals surface area contributed by atoms with E-state index in [1.54, 1.807) is 0 Å². The van der Waals surface area contributed by atoms with E-state index in [1.165, 1.54) is 64.3 Å². The molecule has 0 aromatic carbocycles. The maximum atomic E-state index is 6.11. The summed E-state index contributed by atoms with van der Waals surface area (Å²) in [6, 6.07) is 0.727. The van der Waals surface area contributed by atoms with Crippen molar-refractivity contribution in [3.63, 3.8) is 0 Å². The standard InChI is InChI=1S/C16H29NO/c1-13-5-4-6-14(13)12-17-15-7-10-18-16(11-15)8-2-3-9-16/h13-15,17H,2-12H2,1H3. The predicted molar refractivity (Wildman–Crippen MR) is 74.7 cm³/mol. The Kier molecular flexibility index (Phi) is 3.95. The molecule has 1 heterocycles. The largest absolute Gasteiger partial charge is 0.375 e. The van der Waals surface area contributed by atoms with Gasteiger partial charge in [0.1, 0.15) is 0 Å². The zero-order chi connectivity index (χ0) is 12.4.